The van der Waals surface area contributed by atoms with Gasteiger partial charge in [-0.3, -0.25) is 14.9 Å². The van der Waals surface area contributed by atoms with Crippen LogP contribution in [0.3, 0.4) is 0 Å². The molecule has 0 aliphatic heterocycles. The summed E-state index contributed by atoms with van der Waals surface area (Å²) in [4.78, 5) is 22.4. The molecule has 3 N–H and O–H groups in total. The Morgan fingerprint density at radius 1 is 1.45 bits per heavy atom. The molecular weight excluding hydrogens is 288 g/mol. The second-order valence-electron chi connectivity index (χ2n) is 4.30. The lowest BCUT2D eigenvalue weighted by Gasteiger charge is -2.29. The van der Waals surface area contributed by atoms with Crippen molar-refractivity contribution in [1.82, 2.24) is 5.32 Å². The van der Waals surface area contributed by atoms with Crippen molar-refractivity contribution >= 4 is 23.2 Å². The lowest BCUT2D eigenvalue weighted by atomic mass is 9.97. The zero-order valence-electron chi connectivity index (χ0n) is 10.8. The number of halogens is 1. The maximum atomic E-state index is 12.2. The first-order chi connectivity index (χ1) is 9.40. The fourth-order valence-corrected chi connectivity index (χ4v) is 1.89. The molecule has 20 heavy (non-hydrogen) atoms. The zero-order valence-corrected chi connectivity index (χ0v) is 11.6. The summed E-state index contributed by atoms with van der Waals surface area (Å²) in [5.41, 5.74) is -1.97. The molecule has 1 aromatic rings. The van der Waals surface area contributed by atoms with E-state index in [9.17, 15) is 25.1 Å². The smallest absolute Gasteiger partial charge is 0.283 e. The molecule has 110 valence electrons. The van der Waals surface area contributed by atoms with Crippen LogP contribution in [0, 0.1) is 10.1 Å². The van der Waals surface area contributed by atoms with Crippen molar-refractivity contribution in [2.24, 2.45) is 0 Å². The van der Waals surface area contributed by atoms with Crippen LogP contribution in [0.15, 0.2) is 18.2 Å². The molecule has 1 aromatic carbocycles. The Bertz CT molecular complexity index is 508. The Morgan fingerprint density at radius 3 is 2.50 bits per heavy atom. The molecule has 0 aliphatic rings. The van der Waals surface area contributed by atoms with Gasteiger partial charge in [0.2, 0.25) is 0 Å². The second-order valence-corrected chi connectivity index (χ2v) is 4.70. The third-order valence-electron chi connectivity index (χ3n) is 3.08. The Balaban J connectivity index is 3.19. The average Bonchev–Trinajstić information content (AvgIpc) is 2.44. The number of aliphatic hydroxyl groups is 2. The summed E-state index contributed by atoms with van der Waals surface area (Å²) >= 11 is 5.84. The molecule has 0 unspecified atom stereocenters. The number of nitro benzene ring substituents is 1. The molecule has 0 radical (unpaired) electrons. The van der Waals surface area contributed by atoms with Gasteiger partial charge in [0, 0.05) is 6.07 Å². The molecule has 0 atom stereocenters. The monoisotopic (exact) mass is 302 g/mol. The van der Waals surface area contributed by atoms with Crippen molar-refractivity contribution in [1.29, 1.82) is 0 Å². The van der Waals surface area contributed by atoms with E-state index >= 15 is 0 Å². The van der Waals surface area contributed by atoms with Crippen molar-refractivity contribution < 1.29 is 19.9 Å². The number of aliphatic hydroxyl groups excluding tert-OH is 2. The number of amides is 1. The number of nitrogens with zero attached hydrogens (tertiary/aromatic N) is 1. The highest BCUT2D eigenvalue weighted by molar-refractivity contribution is 6.34. The molecule has 0 aromatic heterocycles. The molecule has 0 saturated heterocycles. The number of hydrogen-bond acceptors (Lipinski definition) is 5. The Morgan fingerprint density at radius 2 is 2.05 bits per heavy atom. The zero-order chi connectivity index (χ0) is 15.3. The maximum absolute atomic E-state index is 12.2. The predicted molar refractivity (Wildman–Crippen MR) is 72.8 cm³/mol. The summed E-state index contributed by atoms with van der Waals surface area (Å²) in [6.45, 7) is 0.668. The van der Waals surface area contributed by atoms with E-state index in [0.717, 1.165) is 6.07 Å². The number of carbonyl (C=O) groups excluding carboxylic acids is 1. The third-order valence-corrected chi connectivity index (χ3v) is 3.39. The fraction of sp³-hybridized carbons (Fsp3) is 0.417. The van der Waals surface area contributed by atoms with Crippen LogP contribution in [-0.4, -0.2) is 39.8 Å². The van der Waals surface area contributed by atoms with E-state index in [2.05, 4.69) is 5.32 Å². The van der Waals surface area contributed by atoms with Crippen LogP contribution >= 0.6 is 11.6 Å². The van der Waals surface area contributed by atoms with Crippen LogP contribution in [0.25, 0.3) is 0 Å². The predicted octanol–water partition coefficient (Wildman–Crippen LogP) is 1.11. The van der Waals surface area contributed by atoms with Gasteiger partial charge in [-0.15, -0.1) is 0 Å². The first-order valence-corrected chi connectivity index (χ1v) is 6.25. The molecule has 1 rings (SSSR count). The molecule has 0 heterocycles. The molecule has 0 fully saturated rings. The highest BCUT2D eigenvalue weighted by Crippen LogP contribution is 2.26. The highest BCUT2D eigenvalue weighted by atomic mass is 35.5. The van der Waals surface area contributed by atoms with Crippen molar-refractivity contribution in [3.8, 4) is 0 Å². The van der Waals surface area contributed by atoms with Gasteiger partial charge in [0.05, 0.1) is 28.7 Å². The van der Waals surface area contributed by atoms with E-state index < -0.39 is 35.3 Å². The van der Waals surface area contributed by atoms with E-state index in [1.54, 1.807) is 6.92 Å². The summed E-state index contributed by atoms with van der Waals surface area (Å²) in [5.74, 6) is -0.813. The summed E-state index contributed by atoms with van der Waals surface area (Å²) < 4.78 is 0. The minimum absolute atomic E-state index is 0.0717. The quantitative estimate of drug-likeness (QED) is 0.538. The molecular formula is C12H15ClN2O5. The van der Waals surface area contributed by atoms with Gasteiger partial charge in [0.25, 0.3) is 11.6 Å². The standard InChI is InChI=1S/C12H15ClN2O5/c1-2-12(6-16,7-17)14-11(18)10-8(13)4-3-5-9(10)15(19)20/h3-5,16-17H,2,6-7H2,1H3,(H,14,18). The fourth-order valence-electron chi connectivity index (χ4n) is 1.63. The Kier molecular flexibility index (Phi) is 5.43. The number of nitro groups is 1. The topological polar surface area (TPSA) is 113 Å². The first kappa shape index (κ1) is 16.4. The molecule has 0 bridgehead atoms. The van der Waals surface area contributed by atoms with E-state index in [1.807, 2.05) is 0 Å². The van der Waals surface area contributed by atoms with E-state index in [-0.39, 0.29) is 17.0 Å². The summed E-state index contributed by atoms with van der Waals surface area (Å²) in [5, 5.41) is 31.8. The van der Waals surface area contributed by atoms with Crippen molar-refractivity contribution in [2.75, 3.05) is 13.2 Å². The Hall–Kier alpha value is -1.70. The average molecular weight is 303 g/mol. The second kappa shape index (κ2) is 6.65. The van der Waals surface area contributed by atoms with Crippen LogP contribution in [0.1, 0.15) is 23.7 Å². The lowest BCUT2D eigenvalue weighted by Crippen LogP contribution is -2.53. The van der Waals surface area contributed by atoms with Gasteiger partial charge >= 0.3 is 0 Å². The number of hydrogen-bond donors (Lipinski definition) is 3. The van der Waals surface area contributed by atoms with Gasteiger partial charge < -0.3 is 15.5 Å². The summed E-state index contributed by atoms with van der Waals surface area (Å²) in [6, 6.07) is 3.88. The minimum Gasteiger partial charge on any atom is -0.394 e. The van der Waals surface area contributed by atoms with Crippen LogP contribution in [-0.2, 0) is 0 Å². The summed E-state index contributed by atoms with van der Waals surface area (Å²) in [7, 11) is 0. The Labute approximate surface area is 120 Å². The number of nitrogens with one attached hydrogen (secondary N) is 1. The molecule has 0 saturated carbocycles. The van der Waals surface area contributed by atoms with Crippen molar-refractivity contribution in [2.45, 2.75) is 18.9 Å². The van der Waals surface area contributed by atoms with Gasteiger partial charge in [-0.2, -0.15) is 0 Å². The molecule has 7 nitrogen and oxygen atoms in total. The minimum atomic E-state index is -1.25. The first-order valence-electron chi connectivity index (χ1n) is 5.88. The van der Waals surface area contributed by atoms with Gasteiger partial charge in [0.1, 0.15) is 5.56 Å². The van der Waals surface area contributed by atoms with Crippen LogP contribution in [0.4, 0.5) is 5.69 Å². The molecule has 0 spiro atoms. The van der Waals surface area contributed by atoms with Crippen molar-refractivity contribution in [3.05, 3.63) is 38.9 Å². The van der Waals surface area contributed by atoms with E-state index in [0.29, 0.717) is 0 Å². The van der Waals surface area contributed by atoms with Crippen molar-refractivity contribution in [3.63, 3.8) is 0 Å². The van der Waals surface area contributed by atoms with Gasteiger partial charge in [-0.1, -0.05) is 24.6 Å². The molecule has 1 amide bonds. The molecule has 8 heteroatoms. The normalized spacial score (nSPS) is 11.2. The highest BCUT2D eigenvalue weighted by Gasteiger charge is 2.32. The number of carbonyl (C=O) groups is 1. The summed E-state index contributed by atoms with van der Waals surface area (Å²) in [6.07, 6.45) is 0.254. The van der Waals surface area contributed by atoms with Crippen LogP contribution < -0.4 is 5.32 Å². The largest absolute Gasteiger partial charge is 0.394 e. The van der Waals surface area contributed by atoms with Gasteiger partial charge in [0.15, 0.2) is 0 Å². The number of benzene rings is 1. The maximum Gasteiger partial charge on any atom is 0.283 e. The number of rotatable bonds is 6. The third kappa shape index (κ3) is 3.24. The van der Waals surface area contributed by atoms with Crippen LogP contribution in [0.2, 0.25) is 5.02 Å². The van der Waals surface area contributed by atoms with Gasteiger partial charge in [-0.05, 0) is 12.5 Å². The van der Waals surface area contributed by atoms with Gasteiger partial charge in [-0.25, -0.2) is 0 Å². The molecule has 0 aliphatic carbocycles. The van der Waals surface area contributed by atoms with E-state index in [4.69, 9.17) is 11.6 Å². The SMILES string of the molecule is CCC(CO)(CO)NC(=O)c1c(Cl)cccc1[N+](=O)[O-]. The lowest BCUT2D eigenvalue weighted by molar-refractivity contribution is -0.385. The van der Waals surface area contributed by atoms with Crippen LogP contribution in [0.5, 0.6) is 0 Å². The van der Waals surface area contributed by atoms with E-state index in [1.165, 1.54) is 12.1 Å².